The second-order valence-electron chi connectivity index (χ2n) is 4.68. The van der Waals surface area contributed by atoms with Crippen LogP contribution in [-0.4, -0.2) is 15.3 Å². The zero-order chi connectivity index (χ0) is 16.6. The molecule has 0 atom stereocenters. The summed E-state index contributed by atoms with van der Waals surface area (Å²) in [6, 6.07) is 10.9. The lowest BCUT2D eigenvalue weighted by Gasteiger charge is -2.14. The van der Waals surface area contributed by atoms with E-state index in [0.29, 0.717) is 9.38 Å². The first kappa shape index (κ1) is 16.2. The van der Waals surface area contributed by atoms with E-state index >= 15 is 0 Å². The number of rotatable bonds is 2. The van der Waals surface area contributed by atoms with Gasteiger partial charge in [-0.15, -0.1) is 0 Å². The molecule has 1 saturated heterocycles. The second-order valence-corrected chi connectivity index (χ2v) is 7.21. The number of hydrogen-bond donors (Lipinski definition) is 1. The summed E-state index contributed by atoms with van der Waals surface area (Å²) in [7, 11) is 0. The Morgan fingerprint density at radius 2 is 2.00 bits per heavy atom. The molecule has 0 bridgehead atoms. The number of aromatic hydroxyl groups is 1. The highest BCUT2D eigenvalue weighted by Crippen LogP contribution is 2.37. The molecule has 1 heterocycles. The summed E-state index contributed by atoms with van der Waals surface area (Å²) in [6.45, 7) is 0. The number of thioether (sulfide) groups is 1. The number of benzene rings is 2. The lowest BCUT2D eigenvalue weighted by atomic mass is 10.2. The second kappa shape index (κ2) is 6.43. The molecule has 23 heavy (non-hydrogen) atoms. The number of anilines is 1. The van der Waals surface area contributed by atoms with Crippen LogP contribution in [0.2, 0.25) is 0 Å². The van der Waals surface area contributed by atoms with Crippen molar-refractivity contribution in [3.63, 3.8) is 0 Å². The van der Waals surface area contributed by atoms with Crippen molar-refractivity contribution in [3.05, 3.63) is 63.2 Å². The Morgan fingerprint density at radius 1 is 1.26 bits per heavy atom. The standard InChI is InChI=1S/C16H9BrFNO2S2/c17-10-7-9(5-6-13(10)20)8-14-15(21)19(16(22)23-14)12-4-2-1-3-11(12)18/h1-8,20H. The molecule has 1 amide bonds. The van der Waals surface area contributed by atoms with Crippen LogP contribution in [0.5, 0.6) is 5.75 Å². The van der Waals surface area contributed by atoms with Gasteiger partial charge in [0.05, 0.1) is 15.1 Å². The molecule has 0 unspecified atom stereocenters. The molecule has 3 nitrogen and oxygen atoms in total. The SMILES string of the molecule is O=C1C(=Cc2ccc(O)c(Br)c2)SC(=S)N1c1ccccc1F. The molecule has 2 aromatic rings. The van der Waals surface area contributed by atoms with Crippen LogP contribution in [0.15, 0.2) is 51.8 Å². The number of thiocarbonyl (C=S) groups is 1. The molecule has 1 N–H and O–H groups in total. The number of para-hydroxylation sites is 1. The van der Waals surface area contributed by atoms with Gasteiger partial charge in [-0.2, -0.15) is 0 Å². The van der Waals surface area contributed by atoms with Crippen molar-refractivity contribution in [2.45, 2.75) is 0 Å². The van der Waals surface area contributed by atoms with Gasteiger partial charge in [0.25, 0.3) is 5.91 Å². The monoisotopic (exact) mass is 409 g/mol. The number of phenolic OH excluding ortho intramolecular Hbond substituents is 1. The summed E-state index contributed by atoms with van der Waals surface area (Å²) in [5, 5.41) is 9.51. The van der Waals surface area contributed by atoms with Crippen molar-refractivity contribution in [2.24, 2.45) is 0 Å². The third-order valence-electron chi connectivity index (χ3n) is 3.16. The molecule has 3 rings (SSSR count). The van der Waals surface area contributed by atoms with Crippen LogP contribution in [-0.2, 0) is 4.79 Å². The van der Waals surface area contributed by atoms with Crippen molar-refractivity contribution in [1.82, 2.24) is 0 Å². The molecule has 1 aliphatic heterocycles. The highest BCUT2D eigenvalue weighted by molar-refractivity contribution is 9.10. The average Bonchev–Trinajstić information content (AvgIpc) is 2.78. The van der Waals surface area contributed by atoms with Gasteiger partial charge in [0.15, 0.2) is 4.32 Å². The minimum absolute atomic E-state index is 0.112. The third-order valence-corrected chi connectivity index (χ3v) is 5.09. The fraction of sp³-hybridized carbons (Fsp3) is 0. The normalized spacial score (nSPS) is 16.4. The lowest BCUT2D eigenvalue weighted by Crippen LogP contribution is -2.28. The van der Waals surface area contributed by atoms with Crippen LogP contribution < -0.4 is 4.90 Å². The van der Waals surface area contributed by atoms with Crippen LogP contribution in [0.4, 0.5) is 10.1 Å². The molecule has 0 aliphatic carbocycles. The predicted molar refractivity (Wildman–Crippen MR) is 97.9 cm³/mol. The van der Waals surface area contributed by atoms with Gasteiger partial charge in [0.1, 0.15) is 11.6 Å². The Balaban J connectivity index is 1.96. The summed E-state index contributed by atoms with van der Waals surface area (Å²) >= 11 is 9.55. The zero-order valence-electron chi connectivity index (χ0n) is 11.5. The van der Waals surface area contributed by atoms with Crippen LogP contribution in [0.25, 0.3) is 6.08 Å². The van der Waals surface area contributed by atoms with Gasteiger partial charge in [0, 0.05) is 0 Å². The molecular weight excluding hydrogens is 401 g/mol. The van der Waals surface area contributed by atoms with E-state index in [1.807, 2.05) is 0 Å². The van der Waals surface area contributed by atoms with Gasteiger partial charge in [-0.25, -0.2) is 4.39 Å². The maximum absolute atomic E-state index is 13.9. The topological polar surface area (TPSA) is 40.5 Å². The number of amides is 1. The number of halogens is 2. The minimum atomic E-state index is -0.502. The molecule has 7 heteroatoms. The zero-order valence-corrected chi connectivity index (χ0v) is 14.7. The first-order chi connectivity index (χ1) is 11.0. The highest BCUT2D eigenvalue weighted by atomic mass is 79.9. The largest absolute Gasteiger partial charge is 0.507 e. The quantitative estimate of drug-likeness (QED) is 0.576. The van der Waals surface area contributed by atoms with Crippen LogP contribution in [0.1, 0.15) is 5.56 Å². The Labute approximate surface area is 149 Å². The predicted octanol–water partition coefficient (Wildman–Crippen LogP) is 4.70. The molecule has 2 aromatic carbocycles. The van der Waals surface area contributed by atoms with Crippen molar-refractivity contribution in [1.29, 1.82) is 0 Å². The van der Waals surface area contributed by atoms with Gasteiger partial charge in [0.2, 0.25) is 0 Å². The summed E-state index contributed by atoms with van der Waals surface area (Å²) < 4.78 is 14.7. The van der Waals surface area contributed by atoms with E-state index in [-0.39, 0.29) is 21.7 Å². The maximum Gasteiger partial charge on any atom is 0.270 e. The highest BCUT2D eigenvalue weighted by Gasteiger charge is 2.34. The summed E-state index contributed by atoms with van der Waals surface area (Å²) in [6.07, 6.45) is 1.66. The number of carbonyl (C=O) groups excluding carboxylic acids is 1. The summed E-state index contributed by atoms with van der Waals surface area (Å²) in [5.41, 5.74) is 0.869. The van der Waals surface area contributed by atoms with E-state index in [0.717, 1.165) is 17.3 Å². The smallest absolute Gasteiger partial charge is 0.270 e. The molecule has 1 fully saturated rings. The first-order valence-electron chi connectivity index (χ1n) is 6.48. The Morgan fingerprint density at radius 3 is 2.70 bits per heavy atom. The fourth-order valence-electron chi connectivity index (χ4n) is 2.07. The average molecular weight is 410 g/mol. The van der Waals surface area contributed by atoms with Gasteiger partial charge in [-0.05, 0) is 51.8 Å². The van der Waals surface area contributed by atoms with Crippen LogP contribution in [0, 0.1) is 5.82 Å². The number of phenols is 1. The minimum Gasteiger partial charge on any atom is -0.507 e. The van der Waals surface area contributed by atoms with E-state index in [1.54, 1.807) is 30.3 Å². The van der Waals surface area contributed by atoms with E-state index in [4.69, 9.17) is 12.2 Å². The van der Waals surface area contributed by atoms with Crippen molar-refractivity contribution in [3.8, 4) is 5.75 Å². The van der Waals surface area contributed by atoms with Gasteiger partial charge >= 0.3 is 0 Å². The molecule has 0 saturated carbocycles. The van der Waals surface area contributed by atoms with E-state index in [1.165, 1.54) is 23.1 Å². The lowest BCUT2D eigenvalue weighted by molar-refractivity contribution is -0.113. The molecule has 0 spiro atoms. The van der Waals surface area contributed by atoms with Crippen molar-refractivity contribution >= 4 is 61.9 Å². The maximum atomic E-state index is 13.9. The van der Waals surface area contributed by atoms with Crippen molar-refractivity contribution in [2.75, 3.05) is 4.90 Å². The summed E-state index contributed by atoms with van der Waals surface area (Å²) in [5.74, 6) is -0.757. The first-order valence-corrected chi connectivity index (χ1v) is 8.50. The Kier molecular flexibility index (Phi) is 4.52. The molecular formula is C16H9BrFNO2S2. The number of carbonyl (C=O) groups is 1. The van der Waals surface area contributed by atoms with Gasteiger partial charge in [-0.1, -0.05) is 42.2 Å². The Bertz CT molecular complexity index is 854. The Hall–Kier alpha value is -1.70. The summed E-state index contributed by atoms with van der Waals surface area (Å²) in [4.78, 5) is 14.1. The molecule has 0 aromatic heterocycles. The van der Waals surface area contributed by atoms with Crippen LogP contribution in [0.3, 0.4) is 0 Å². The number of hydrogen-bond acceptors (Lipinski definition) is 4. The molecule has 0 radical (unpaired) electrons. The van der Waals surface area contributed by atoms with Crippen LogP contribution >= 0.6 is 39.9 Å². The molecule has 1 aliphatic rings. The molecule has 116 valence electrons. The van der Waals surface area contributed by atoms with Gasteiger partial charge < -0.3 is 5.11 Å². The van der Waals surface area contributed by atoms with Gasteiger partial charge in [-0.3, -0.25) is 9.69 Å². The van der Waals surface area contributed by atoms with Crippen molar-refractivity contribution < 1.29 is 14.3 Å². The number of nitrogens with zero attached hydrogens (tertiary/aromatic N) is 1. The third kappa shape index (κ3) is 3.17. The fourth-order valence-corrected chi connectivity index (χ4v) is 3.75. The van der Waals surface area contributed by atoms with E-state index < -0.39 is 5.82 Å². The van der Waals surface area contributed by atoms with E-state index in [9.17, 15) is 14.3 Å². The van der Waals surface area contributed by atoms with E-state index in [2.05, 4.69) is 15.9 Å².